The standard InChI is InChI=1S/C8H12O7/c9-1-2-14-3-4-15-5-6(7(10)11)8(12)13/h5,9H,1-4H2,(H,10,11)(H,12,13). The van der Waals surface area contributed by atoms with Crippen LogP contribution in [0.25, 0.3) is 0 Å². The average Bonchev–Trinajstić information content (AvgIpc) is 2.15. The van der Waals surface area contributed by atoms with Crippen molar-refractivity contribution in [3.05, 3.63) is 11.8 Å². The fraction of sp³-hybridized carbons (Fsp3) is 0.500. The van der Waals surface area contributed by atoms with E-state index in [4.69, 9.17) is 20.1 Å². The van der Waals surface area contributed by atoms with Crippen LogP contribution >= 0.6 is 0 Å². The van der Waals surface area contributed by atoms with Gasteiger partial charge in [0.1, 0.15) is 12.9 Å². The molecule has 0 fully saturated rings. The Labute approximate surface area is 85.5 Å². The summed E-state index contributed by atoms with van der Waals surface area (Å²) in [6.07, 6.45) is 0.646. The first kappa shape index (κ1) is 13.4. The molecule has 0 radical (unpaired) electrons. The lowest BCUT2D eigenvalue weighted by atomic mass is 10.3. The summed E-state index contributed by atoms with van der Waals surface area (Å²) < 4.78 is 9.42. The lowest BCUT2D eigenvalue weighted by Gasteiger charge is -2.02. The van der Waals surface area contributed by atoms with E-state index in [1.165, 1.54) is 0 Å². The van der Waals surface area contributed by atoms with Crippen molar-refractivity contribution < 1.29 is 34.4 Å². The lowest BCUT2D eigenvalue weighted by molar-refractivity contribution is -0.140. The fourth-order valence-corrected chi connectivity index (χ4v) is 0.608. The summed E-state index contributed by atoms with van der Waals surface area (Å²) in [4.78, 5) is 20.6. The molecule has 0 saturated carbocycles. The van der Waals surface area contributed by atoms with E-state index in [1.54, 1.807) is 0 Å². The molecule has 15 heavy (non-hydrogen) atoms. The van der Waals surface area contributed by atoms with Crippen LogP contribution in [0.5, 0.6) is 0 Å². The van der Waals surface area contributed by atoms with Crippen LogP contribution in [0, 0.1) is 0 Å². The first-order valence-electron chi connectivity index (χ1n) is 4.06. The minimum absolute atomic E-state index is 0.0179. The molecule has 0 aromatic rings. The Kier molecular flexibility index (Phi) is 6.94. The van der Waals surface area contributed by atoms with Gasteiger partial charge in [-0.25, -0.2) is 9.59 Å². The monoisotopic (exact) mass is 220 g/mol. The molecule has 0 aromatic carbocycles. The summed E-state index contributed by atoms with van der Waals surface area (Å²) in [6.45, 7) is 0.191. The Bertz CT molecular complexity index is 229. The van der Waals surface area contributed by atoms with Crippen LogP contribution in [0.3, 0.4) is 0 Å². The predicted octanol–water partition coefficient (Wildman–Crippen LogP) is -0.935. The number of ether oxygens (including phenoxy) is 2. The number of aliphatic carboxylic acids is 2. The molecule has 0 spiro atoms. The van der Waals surface area contributed by atoms with E-state index in [9.17, 15) is 9.59 Å². The van der Waals surface area contributed by atoms with E-state index < -0.39 is 17.5 Å². The van der Waals surface area contributed by atoms with E-state index in [2.05, 4.69) is 4.74 Å². The van der Waals surface area contributed by atoms with Gasteiger partial charge in [-0.2, -0.15) is 0 Å². The summed E-state index contributed by atoms with van der Waals surface area (Å²) >= 11 is 0. The number of carboxylic acids is 2. The van der Waals surface area contributed by atoms with Crippen molar-refractivity contribution in [3.8, 4) is 0 Å². The van der Waals surface area contributed by atoms with Gasteiger partial charge in [0.05, 0.1) is 19.8 Å². The first-order chi connectivity index (χ1) is 7.09. The highest BCUT2D eigenvalue weighted by atomic mass is 16.5. The van der Waals surface area contributed by atoms with Crippen LogP contribution in [0.4, 0.5) is 0 Å². The molecule has 86 valence electrons. The molecule has 0 saturated heterocycles. The molecule has 0 atom stereocenters. The third-order valence-corrected chi connectivity index (χ3v) is 1.24. The zero-order valence-corrected chi connectivity index (χ0v) is 7.88. The van der Waals surface area contributed by atoms with E-state index in [-0.39, 0.29) is 26.4 Å². The van der Waals surface area contributed by atoms with Gasteiger partial charge in [-0.05, 0) is 0 Å². The maximum absolute atomic E-state index is 10.3. The number of carbonyl (C=O) groups is 2. The van der Waals surface area contributed by atoms with Crippen molar-refractivity contribution in [1.82, 2.24) is 0 Å². The quantitative estimate of drug-likeness (QED) is 0.159. The minimum Gasteiger partial charge on any atom is -0.498 e. The van der Waals surface area contributed by atoms with Gasteiger partial charge in [-0.15, -0.1) is 0 Å². The average molecular weight is 220 g/mol. The Balaban J connectivity index is 3.82. The van der Waals surface area contributed by atoms with Crippen LogP contribution in [0.15, 0.2) is 11.8 Å². The first-order valence-corrected chi connectivity index (χ1v) is 4.06. The minimum atomic E-state index is -1.57. The number of rotatable bonds is 8. The third kappa shape index (κ3) is 6.47. The molecule has 0 unspecified atom stereocenters. The van der Waals surface area contributed by atoms with Gasteiger partial charge in [-0.1, -0.05) is 0 Å². The molecule has 0 amide bonds. The Morgan fingerprint density at radius 1 is 1.07 bits per heavy atom. The summed E-state index contributed by atoms with van der Waals surface area (Å²) in [6, 6.07) is 0. The zero-order chi connectivity index (χ0) is 11.7. The van der Waals surface area contributed by atoms with Crippen molar-refractivity contribution in [2.24, 2.45) is 0 Å². The second-order valence-electron chi connectivity index (χ2n) is 2.35. The van der Waals surface area contributed by atoms with E-state index in [1.807, 2.05) is 0 Å². The SMILES string of the molecule is O=C(O)C(=COCCOCCO)C(=O)O. The van der Waals surface area contributed by atoms with Gasteiger partial charge in [0.2, 0.25) is 0 Å². The van der Waals surface area contributed by atoms with Crippen molar-refractivity contribution in [2.45, 2.75) is 0 Å². The van der Waals surface area contributed by atoms with E-state index in [0.717, 1.165) is 0 Å². The molecule has 0 aliphatic rings. The second-order valence-corrected chi connectivity index (χ2v) is 2.35. The van der Waals surface area contributed by atoms with Gasteiger partial charge < -0.3 is 24.8 Å². The molecular formula is C8H12O7. The second kappa shape index (κ2) is 7.77. The Hall–Kier alpha value is -1.60. The summed E-state index contributed by atoms with van der Waals surface area (Å²) in [5.74, 6) is -3.14. The highest BCUT2D eigenvalue weighted by molar-refractivity contribution is 6.12. The normalized spacial score (nSPS) is 9.40. The summed E-state index contributed by atoms with van der Waals surface area (Å²) in [7, 11) is 0. The number of carboxylic acid groups (broad SMARTS) is 2. The molecule has 0 bridgehead atoms. The Morgan fingerprint density at radius 3 is 2.13 bits per heavy atom. The van der Waals surface area contributed by atoms with Crippen LogP contribution in [0.2, 0.25) is 0 Å². The Morgan fingerprint density at radius 2 is 1.67 bits per heavy atom. The summed E-state index contributed by atoms with van der Waals surface area (Å²) in [5, 5.41) is 25.1. The van der Waals surface area contributed by atoms with Crippen molar-refractivity contribution in [3.63, 3.8) is 0 Å². The van der Waals surface area contributed by atoms with E-state index >= 15 is 0 Å². The highest BCUT2D eigenvalue weighted by Crippen LogP contribution is 1.95. The molecule has 0 aliphatic carbocycles. The molecule has 0 rings (SSSR count). The fourth-order valence-electron chi connectivity index (χ4n) is 0.608. The molecule has 7 nitrogen and oxygen atoms in total. The molecule has 3 N–H and O–H groups in total. The number of aliphatic hydroxyl groups excluding tert-OH is 1. The zero-order valence-electron chi connectivity index (χ0n) is 7.88. The van der Waals surface area contributed by atoms with Crippen molar-refractivity contribution >= 4 is 11.9 Å². The maximum Gasteiger partial charge on any atom is 0.346 e. The van der Waals surface area contributed by atoms with Gasteiger partial charge in [0, 0.05) is 0 Å². The van der Waals surface area contributed by atoms with Gasteiger partial charge in [-0.3, -0.25) is 0 Å². The van der Waals surface area contributed by atoms with Crippen LogP contribution in [0.1, 0.15) is 0 Å². The third-order valence-electron chi connectivity index (χ3n) is 1.24. The van der Waals surface area contributed by atoms with Gasteiger partial charge >= 0.3 is 11.9 Å². The molecule has 0 aromatic heterocycles. The molecule has 7 heteroatoms. The van der Waals surface area contributed by atoms with Crippen molar-refractivity contribution in [2.75, 3.05) is 26.4 Å². The predicted molar refractivity (Wildman–Crippen MR) is 47.2 cm³/mol. The van der Waals surface area contributed by atoms with Crippen molar-refractivity contribution in [1.29, 1.82) is 0 Å². The lowest BCUT2D eigenvalue weighted by Crippen LogP contribution is -2.12. The number of aliphatic hydroxyl groups is 1. The smallest absolute Gasteiger partial charge is 0.346 e. The molecule has 0 aliphatic heterocycles. The van der Waals surface area contributed by atoms with Crippen LogP contribution in [-0.4, -0.2) is 53.7 Å². The van der Waals surface area contributed by atoms with E-state index in [0.29, 0.717) is 6.26 Å². The van der Waals surface area contributed by atoms with Gasteiger partial charge in [0.25, 0.3) is 0 Å². The summed E-state index contributed by atoms with van der Waals surface area (Å²) in [5.41, 5.74) is -0.850. The maximum atomic E-state index is 10.3. The largest absolute Gasteiger partial charge is 0.498 e. The number of hydrogen-bond donors (Lipinski definition) is 3. The number of hydrogen-bond acceptors (Lipinski definition) is 5. The molecular weight excluding hydrogens is 208 g/mol. The molecule has 0 heterocycles. The highest BCUT2D eigenvalue weighted by Gasteiger charge is 2.16. The van der Waals surface area contributed by atoms with Crippen LogP contribution in [-0.2, 0) is 19.1 Å². The van der Waals surface area contributed by atoms with Gasteiger partial charge in [0.15, 0.2) is 5.57 Å². The topological polar surface area (TPSA) is 113 Å². The van der Waals surface area contributed by atoms with Crippen LogP contribution < -0.4 is 0 Å².